The predicted octanol–water partition coefficient (Wildman–Crippen LogP) is 1.90. The molecule has 1 aromatic carbocycles. The number of benzene rings is 1. The van der Waals surface area contributed by atoms with Crippen molar-refractivity contribution < 1.29 is 4.79 Å². The molecule has 0 saturated carbocycles. The first kappa shape index (κ1) is 16.2. The summed E-state index contributed by atoms with van der Waals surface area (Å²) in [6, 6.07) is 9.76. The zero-order valence-electron chi connectivity index (χ0n) is 13.2. The fourth-order valence-electron chi connectivity index (χ4n) is 2.44. The molecule has 0 spiro atoms. The van der Waals surface area contributed by atoms with Gasteiger partial charge in [0, 0.05) is 25.0 Å². The summed E-state index contributed by atoms with van der Waals surface area (Å²) in [5.74, 6) is 0.533. The van der Waals surface area contributed by atoms with Crippen LogP contribution in [0.25, 0.3) is 5.69 Å². The molecule has 1 heterocycles. The molecule has 0 saturated heterocycles. The molecule has 1 atom stereocenters. The Hall–Kier alpha value is -2.14. The van der Waals surface area contributed by atoms with Gasteiger partial charge in [-0.15, -0.1) is 0 Å². The van der Waals surface area contributed by atoms with Gasteiger partial charge < -0.3 is 11.1 Å². The van der Waals surface area contributed by atoms with Crippen LogP contribution in [0.1, 0.15) is 25.8 Å². The number of amides is 1. The summed E-state index contributed by atoms with van der Waals surface area (Å²) in [6.07, 6.45) is 4.90. The highest BCUT2D eigenvalue weighted by atomic mass is 16.1. The van der Waals surface area contributed by atoms with Crippen LogP contribution in [-0.4, -0.2) is 28.3 Å². The highest BCUT2D eigenvalue weighted by Crippen LogP contribution is 2.10. The monoisotopic (exact) mass is 300 g/mol. The highest BCUT2D eigenvalue weighted by Gasteiger charge is 2.12. The zero-order chi connectivity index (χ0) is 15.9. The molecule has 22 heavy (non-hydrogen) atoms. The van der Waals surface area contributed by atoms with Gasteiger partial charge >= 0.3 is 0 Å². The van der Waals surface area contributed by atoms with Crippen molar-refractivity contribution in [1.82, 2.24) is 15.1 Å². The third kappa shape index (κ3) is 4.70. The number of carbonyl (C=O) groups excluding carboxylic acids is 1. The lowest BCUT2D eigenvalue weighted by Gasteiger charge is -2.18. The van der Waals surface area contributed by atoms with Gasteiger partial charge in [-0.2, -0.15) is 5.10 Å². The van der Waals surface area contributed by atoms with Crippen molar-refractivity contribution in [3.8, 4) is 5.69 Å². The van der Waals surface area contributed by atoms with Crippen LogP contribution in [0, 0.1) is 5.92 Å². The molecule has 5 nitrogen and oxygen atoms in total. The molecule has 3 N–H and O–H groups in total. The van der Waals surface area contributed by atoms with Crippen molar-refractivity contribution in [2.24, 2.45) is 11.7 Å². The topological polar surface area (TPSA) is 72.9 Å². The molecule has 1 aromatic heterocycles. The van der Waals surface area contributed by atoms with Crippen LogP contribution in [0.4, 0.5) is 0 Å². The van der Waals surface area contributed by atoms with E-state index in [0.29, 0.717) is 18.9 Å². The average molecular weight is 300 g/mol. The maximum absolute atomic E-state index is 12.1. The Labute approximate surface area is 131 Å². The van der Waals surface area contributed by atoms with Gasteiger partial charge in [0.05, 0.1) is 12.1 Å². The third-order valence-electron chi connectivity index (χ3n) is 3.48. The summed E-state index contributed by atoms with van der Waals surface area (Å²) in [6.45, 7) is 4.73. The Morgan fingerprint density at radius 1 is 1.32 bits per heavy atom. The lowest BCUT2D eigenvalue weighted by Crippen LogP contribution is -2.41. The first-order valence-electron chi connectivity index (χ1n) is 7.67. The minimum Gasteiger partial charge on any atom is -0.352 e. The highest BCUT2D eigenvalue weighted by molar-refractivity contribution is 5.78. The van der Waals surface area contributed by atoms with Gasteiger partial charge in [-0.25, -0.2) is 4.68 Å². The van der Waals surface area contributed by atoms with Crippen molar-refractivity contribution in [2.45, 2.75) is 32.7 Å². The van der Waals surface area contributed by atoms with Crippen molar-refractivity contribution >= 4 is 5.91 Å². The summed E-state index contributed by atoms with van der Waals surface area (Å²) < 4.78 is 1.79. The van der Waals surface area contributed by atoms with Crippen molar-refractivity contribution in [3.63, 3.8) is 0 Å². The van der Waals surface area contributed by atoms with Crippen molar-refractivity contribution in [2.75, 3.05) is 6.54 Å². The van der Waals surface area contributed by atoms with Gasteiger partial charge in [-0.3, -0.25) is 4.79 Å². The van der Waals surface area contributed by atoms with Crippen LogP contribution in [0.2, 0.25) is 0 Å². The maximum atomic E-state index is 12.1. The summed E-state index contributed by atoms with van der Waals surface area (Å²) >= 11 is 0. The van der Waals surface area contributed by atoms with E-state index < -0.39 is 0 Å². The first-order chi connectivity index (χ1) is 10.6. The molecule has 5 heteroatoms. The van der Waals surface area contributed by atoms with Crippen LogP contribution in [0.3, 0.4) is 0 Å². The quantitative estimate of drug-likeness (QED) is 0.820. The van der Waals surface area contributed by atoms with Crippen molar-refractivity contribution in [1.29, 1.82) is 0 Å². The molecule has 0 radical (unpaired) electrons. The summed E-state index contributed by atoms with van der Waals surface area (Å²) in [4.78, 5) is 12.1. The number of nitrogens with two attached hydrogens (primary N) is 1. The number of hydrogen-bond donors (Lipinski definition) is 2. The fraction of sp³-hybridized carbons (Fsp3) is 0.412. The summed E-state index contributed by atoms with van der Waals surface area (Å²) in [5.41, 5.74) is 7.67. The SMILES string of the molecule is CC(C)CC(CN)NC(=O)Cc1ccc(-n2cccn2)cc1. The molecule has 0 aliphatic heterocycles. The van der Waals surface area contributed by atoms with E-state index in [4.69, 9.17) is 5.73 Å². The molecule has 0 aliphatic rings. The van der Waals surface area contributed by atoms with E-state index in [1.807, 2.05) is 36.5 Å². The van der Waals surface area contributed by atoms with E-state index in [2.05, 4.69) is 24.3 Å². The van der Waals surface area contributed by atoms with Gasteiger partial charge in [-0.05, 0) is 36.1 Å². The lowest BCUT2D eigenvalue weighted by atomic mass is 10.0. The Kier molecular flexibility index (Phi) is 5.72. The molecular weight excluding hydrogens is 276 g/mol. The molecular formula is C17H24N4O. The van der Waals surface area contributed by atoms with Gasteiger partial charge in [0.2, 0.25) is 5.91 Å². The van der Waals surface area contributed by atoms with E-state index in [-0.39, 0.29) is 11.9 Å². The summed E-state index contributed by atoms with van der Waals surface area (Å²) in [7, 11) is 0. The minimum absolute atomic E-state index is 0.0166. The van der Waals surface area contributed by atoms with Crippen molar-refractivity contribution in [3.05, 3.63) is 48.3 Å². The van der Waals surface area contributed by atoms with Gasteiger partial charge in [0.1, 0.15) is 0 Å². The van der Waals surface area contributed by atoms with E-state index in [1.54, 1.807) is 10.9 Å². The van der Waals surface area contributed by atoms with Gasteiger partial charge in [0.15, 0.2) is 0 Å². The van der Waals surface area contributed by atoms with Gasteiger partial charge in [-0.1, -0.05) is 26.0 Å². The number of carbonyl (C=O) groups is 1. The molecule has 0 bridgehead atoms. The van der Waals surface area contributed by atoms with Crippen LogP contribution >= 0.6 is 0 Å². The largest absolute Gasteiger partial charge is 0.352 e. The average Bonchev–Trinajstić information content (AvgIpc) is 3.01. The Morgan fingerprint density at radius 2 is 2.05 bits per heavy atom. The first-order valence-corrected chi connectivity index (χ1v) is 7.67. The smallest absolute Gasteiger partial charge is 0.224 e. The Balaban J connectivity index is 1.91. The lowest BCUT2D eigenvalue weighted by molar-refractivity contribution is -0.121. The second-order valence-electron chi connectivity index (χ2n) is 5.92. The minimum atomic E-state index is 0.0166. The molecule has 0 fully saturated rings. The fourth-order valence-corrected chi connectivity index (χ4v) is 2.44. The van der Waals surface area contributed by atoms with Crippen LogP contribution in [-0.2, 0) is 11.2 Å². The van der Waals surface area contributed by atoms with Crippen LogP contribution < -0.4 is 11.1 Å². The molecule has 118 valence electrons. The van der Waals surface area contributed by atoms with Gasteiger partial charge in [0.25, 0.3) is 0 Å². The second-order valence-corrected chi connectivity index (χ2v) is 5.92. The standard InChI is InChI=1S/C17H24N4O/c1-13(2)10-15(12-18)20-17(22)11-14-4-6-16(7-5-14)21-9-3-8-19-21/h3-9,13,15H,10-12,18H2,1-2H3,(H,20,22). The normalized spacial score (nSPS) is 12.4. The number of rotatable bonds is 7. The maximum Gasteiger partial charge on any atom is 0.224 e. The number of hydrogen-bond acceptors (Lipinski definition) is 3. The molecule has 1 unspecified atom stereocenters. The molecule has 2 aromatic rings. The van der Waals surface area contributed by atoms with E-state index >= 15 is 0 Å². The number of nitrogens with one attached hydrogen (secondary N) is 1. The van der Waals surface area contributed by atoms with E-state index in [0.717, 1.165) is 17.7 Å². The molecule has 2 rings (SSSR count). The second kappa shape index (κ2) is 7.75. The van der Waals surface area contributed by atoms with Crippen LogP contribution in [0.5, 0.6) is 0 Å². The molecule has 1 amide bonds. The third-order valence-corrected chi connectivity index (χ3v) is 3.48. The number of nitrogens with zero attached hydrogens (tertiary/aromatic N) is 2. The zero-order valence-corrected chi connectivity index (χ0v) is 13.2. The van der Waals surface area contributed by atoms with E-state index in [1.165, 1.54) is 0 Å². The molecule has 0 aliphatic carbocycles. The van der Waals surface area contributed by atoms with Crippen LogP contribution in [0.15, 0.2) is 42.7 Å². The predicted molar refractivity (Wildman–Crippen MR) is 87.7 cm³/mol. The Morgan fingerprint density at radius 3 is 2.59 bits per heavy atom. The summed E-state index contributed by atoms with van der Waals surface area (Å²) in [5, 5.41) is 7.19. The van der Waals surface area contributed by atoms with E-state index in [9.17, 15) is 4.79 Å². The Bertz CT molecular complexity index is 575. The number of aromatic nitrogens is 2.